The first-order valence-electron chi connectivity index (χ1n) is 6.95. The van der Waals surface area contributed by atoms with Crippen LogP contribution in [0.4, 0.5) is 0 Å². The predicted octanol–water partition coefficient (Wildman–Crippen LogP) is 2.46. The molecular formula is C15H18O3S. The Kier molecular flexibility index (Phi) is 3.21. The second kappa shape index (κ2) is 4.75. The molecule has 1 aromatic rings. The van der Waals surface area contributed by atoms with Crippen LogP contribution < -0.4 is 0 Å². The first-order valence-corrected chi connectivity index (χ1v) is 8.49. The van der Waals surface area contributed by atoms with Gasteiger partial charge in [0.15, 0.2) is 9.84 Å². The van der Waals surface area contributed by atoms with Crippen LogP contribution >= 0.6 is 0 Å². The van der Waals surface area contributed by atoms with Gasteiger partial charge >= 0.3 is 0 Å². The summed E-state index contributed by atoms with van der Waals surface area (Å²) in [6, 6.07) is 5.50. The smallest absolute Gasteiger partial charge is 0.181 e. The van der Waals surface area contributed by atoms with E-state index < -0.39 is 15.1 Å². The van der Waals surface area contributed by atoms with Crippen molar-refractivity contribution in [3.05, 3.63) is 29.3 Å². The number of sulfone groups is 1. The molecule has 1 unspecified atom stereocenters. The molecule has 0 radical (unpaired) electrons. The van der Waals surface area contributed by atoms with Crippen molar-refractivity contribution in [2.75, 3.05) is 0 Å². The number of aryl methyl sites for hydroxylation is 2. The highest BCUT2D eigenvalue weighted by molar-refractivity contribution is 7.92. The van der Waals surface area contributed by atoms with E-state index in [1.54, 1.807) is 6.07 Å². The summed E-state index contributed by atoms with van der Waals surface area (Å²) in [5.41, 5.74) is 2.45. The zero-order chi connectivity index (χ0) is 13.5. The fourth-order valence-corrected chi connectivity index (χ4v) is 5.00. The average Bonchev–Trinajstić information content (AvgIpc) is 2.85. The van der Waals surface area contributed by atoms with Crippen molar-refractivity contribution in [2.24, 2.45) is 0 Å². The topological polar surface area (TPSA) is 51.2 Å². The quantitative estimate of drug-likeness (QED) is 0.835. The van der Waals surface area contributed by atoms with Gasteiger partial charge in [0.1, 0.15) is 5.78 Å². The first kappa shape index (κ1) is 12.9. The predicted molar refractivity (Wildman–Crippen MR) is 72.9 cm³/mol. The normalized spacial score (nSPS) is 23.4. The Morgan fingerprint density at radius 2 is 1.79 bits per heavy atom. The van der Waals surface area contributed by atoms with Crippen LogP contribution in [0.2, 0.25) is 0 Å². The van der Waals surface area contributed by atoms with Crippen molar-refractivity contribution in [3.8, 4) is 0 Å². The molecule has 0 spiro atoms. The lowest BCUT2D eigenvalue weighted by atomic mass is 9.99. The summed E-state index contributed by atoms with van der Waals surface area (Å²) < 4.78 is 25.2. The van der Waals surface area contributed by atoms with E-state index in [0.29, 0.717) is 24.2 Å². The second-order valence-corrected chi connectivity index (χ2v) is 7.81. The first-order chi connectivity index (χ1) is 9.07. The average molecular weight is 278 g/mol. The number of benzene rings is 1. The number of ketones is 1. The third-order valence-electron chi connectivity index (χ3n) is 4.27. The number of fused-ring (bicyclic) bond motifs is 1. The zero-order valence-corrected chi connectivity index (χ0v) is 11.7. The third kappa shape index (κ3) is 2.34. The van der Waals surface area contributed by atoms with E-state index >= 15 is 0 Å². The van der Waals surface area contributed by atoms with Crippen LogP contribution in [0.1, 0.15) is 43.2 Å². The lowest BCUT2D eigenvalue weighted by Crippen LogP contribution is -2.28. The summed E-state index contributed by atoms with van der Waals surface area (Å²) in [7, 11) is -3.34. The molecule has 102 valence electrons. The minimum atomic E-state index is -3.34. The molecule has 1 saturated carbocycles. The Morgan fingerprint density at radius 3 is 2.58 bits per heavy atom. The molecule has 0 N–H and O–H groups in total. The number of carbonyl (C=O) groups is 1. The van der Waals surface area contributed by atoms with Crippen molar-refractivity contribution in [2.45, 2.75) is 55.1 Å². The van der Waals surface area contributed by atoms with E-state index in [1.165, 1.54) is 11.1 Å². The van der Waals surface area contributed by atoms with Crippen molar-refractivity contribution in [1.29, 1.82) is 0 Å². The maximum Gasteiger partial charge on any atom is 0.181 e. The van der Waals surface area contributed by atoms with Crippen LogP contribution in [0.15, 0.2) is 23.1 Å². The molecule has 1 fully saturated rings. The summed E-state index contributed by atoms with van der Waals surface area (Å²) >= 11 is 0. The summed E-state index contributed by atoms with van der Waals surface area (Å²) in [6.45, 7) is 0. The third-order valence-corrected chi connectivity index (χ3v) is 6.47. The lowest BCUT2D eigenvalue weighted by Gasteiger charge is -2.21. The van der Waals surface area contributed by atoms with Gasteiger partial charge in [0.25, 0.3) is 0 Å². The number of carbonyl (C=O) groups excluding carboxylic acids is 1. The molecule has 4 heteroatoms. The SMILES string of the molecule is O=C1CCCC(S(=O)(=O)c2ccc3c(c2)CCC3)C1. The van der Waals surface area contributed by atoms with Crippen molar-refractivity contribution >= 4 is 15.6 Å². The van der Waals surface area contributed by atoms with E-state index in [0.717, 1.165) is 19.3 Å². The van der Waals surface area contributed by atoms with Gasteiger partial charge in [-0.25, -0.2) is 8.42 Å². The standard InChI is InChI=1S/C15H18O3S/c16-13-5-2-6-14(10-13)19(17,18)15-8-7-11-3-1-4-12(11)9-15/h7-9,14H,1-6,10H2. The molecule has 0 heterocycles. The Morgan fingerprint density at radius 1 is 1.00 bits per heavy atom. The summed E-state index contributed by atoms with van der Waals surface area (Å²) in [4.78, 5) is 11.9. The molecule has 0 amide bonds. The van der Waals surface area contributed by atoms with Crippen molar-refractivity contribution in [3.63, 3.8) is 0 Å². The van der Waals surface area contributed by atoms with Crippen LogP contribution in [-0.4, -0.2) is 19.5 Å². The maximum atomic E-state index is 12.6. The van der Waals surface area contributed by atoms with Crippen LogP contribution in [0.5, 0.6) is 0 Å². The van der Waals surface area contributed by atoms with E-state index in [2.05, 4.69) is 0 Å². The van der Waals surface area contributed by atoms with Gasteiger partial charge in [-0.15, -0.1) is 0 Å². The molecule has 0 saturated heterocycles. The van der Waals surface area contributed by atoms with Crippen molar-refractivity contribution in [1.82, 2.24) is 0 Å². The van der Waals surface area contributed by atoms with Gasteiger partial charge in [0.05, 0.1) is 10.1 Å². The van der Waals surface area contributed by atoms with E-state index in [1.807, 2.05) is 12.1 Å². The lowest BCUT2D eigenvalue weighted by molar-refractivity contribution is -0.120. The molecule has 1 aromatic carbocycles. The molecule has 2 aliphatic rings. The zero-order valence-electron chi connectivity index (χ0n) is 10.9. The maximum absolute atomic E-state index is 12.6. The van der Waals surface area contributed by atoms with E-state index in [4.69, 9.17) is 0 Å². The minimum Gasteiger partial charge on any atom is -0.300 e. The molecule has 0 aliphatic heterocycles. The molecule has 0 bridgehead atoms. The van der Waals surface area contributed by atoms with Crippen molar-refractivity contribution < 1.29 is 13.2 Å². The van der Waals surface area contributed by atoms with Gasteiger partial charge in [-0.2, -0.15) is 0 Å². The highest BCUT2D eigenvalue weighted by atomic mass is 32.2. The molecule has 1 atom stereocenters. The van der Waals surface area contributed by atoms with Crippen LogP contribution in [-0.2, 0) is 27.5 Å². The highest BCUT2D eigenvalue weighted by Gasteiger charge is 2.32. The number of hydrogen-bond donors (Lipinski definition) is 0. The fraction of sp³-hybridized carbons (Fsp3) is 0.533. The molecule has 3 rings (SSSR count). The van der Waals surface area contributed by atoms with Gasteiger partial charge in [-0.05, 0) is 55.4 Å². The van der Waals surface area contributed by atoms with Gasteiger partial charge < -0.3 is 0 Å². The highest BCUT2D eigenvalue weighted by Crippen LogP contribution is 2.30. The van der Waals surface area contributed by atoms with E-state index in [-0.39, 0.29) is 12.2 Å². The number of Topliss-reactive ketones (excluding diaryl/α,β-unsaturated/α-hetero) is 1. The summed E-state index contributed by atoms with van der Waals surface area (Å²) in [5, 5.41) is -0.506. The van der Waals surface area contributed by atoms with Gasteiger partial charge in [0, 0.05) is 12.8 Å². The molecule has 2 aliphatic carbocycles. The van der Waals surface area contributed by atoms with E-state index in [9.17, 15) is 13.2 Å². The fourth-order valence-electron chi connectivity index (χ4n) is 3.17. The minimum absolute atomic E-state index is 0.0842. The van der Waals surface area contributed by atoms with Gasteiger partial charge in [0.2, 0.25) is 0 Å². The summed E-state index contributed by atoms with van der Waals surface area (Å²) in [6.07, 6.45) is 5.19. The summed E-state index contributed by atoms with van der Waals surface area (Å²) in [5.74, 6) is 0.0842. The van der Waals surface area contributed by atoms with Gasteiger partial charge in [-0.3, -0.25) is 4.79 Å². The molecule has 0 aromatic heterocycles. The van der Waals surface area contributed by atoms with Crippen LogP contribution in [0.3, 0.4) is 0 Å². The Balaban J connectivity index is 1.93. The molecule has 19 heavy (non-hydrogen) atoms. The molecule has 3 nitrogen and oxygen atoms in total. The van der Waals surface area contributed by atoms with Gasteiger partial charge in [-0.1, -0.05) is 6.07 Å². The largest absolute Gasteiger partial charge is 0.300 e. The number of hydrogen-bond acceptors (Lipinski definition) is 3. The Bertz CT molecular complexity index is 616. The molecular weight excluding hydrogens is 260 g/mol. The Labute approximate surface area is 113 Å². The Hall–Kier alpha value is -1.16. The second-order valence-electron chi connectivity index (χ2n) is 5.59. The van der Waals surface area contributed by atoms with Crippen LogP contribution in [0.25, 0.3) is 0 Å². The van der Waals surface area contributed by atoms with Crippen LogP contribution in [0, 0.1) is 0 Å². The number of rotatable bonds is 2. The monoisotopic (exact) mass is 278 g/mol.